The molecule has 62 valence electrons. The largest absolute Gasteiger partial charge is 0.467 e. The Balaban J connectivity index is 4.05. The summed E-state index contributed by atoms with van der Waals surface area (Å²) in [6.07, 6.45) is 0.313. The molecule has 1 atom stereocenters. The zero-order chi connectivity index (χ0) is 8.85. The topological polar surface area (TPSA) is 72.5 Å². The first kappa shape index (κ1) is 9.61. The summed E-state index contributed by atoms with van der Waals surface area (Å²) in [5, 5.41) is 2.10. The normalized spacial score (nSPS) is 11.5. The molecule has 0 aromatic carbocycles. The molecule has 0 saturated heterocycles. The average molecular weight is 159 g/mol. The van der Waals surface area contributed by atoms with Gasteiger partial charge in [-0.25, -0.2) is 4.79 Å². The Morgan fingerprint density at radius 1 is 1.55 bits per heavy atom. The summed E-state index contributed by atoms with van der Waals surface area (Å²) in [5.41, 5.74) is 0. The molecule has 0 saturated carbocycles. The van der Waals surface area contributed by atoms with E-state index < -0.39 is 17.9 Å². The quantitative estimate of drug-likeness (QED) is 0.321. The number of methoxy groups -OCH3 is 1. The molecule has 0 aromatic rings. The number of carbonyl (C=O) groups is 3. The number of ether oxygens (including phenoxy) is 1. The Hall–Kier alpha value is -1.39. The molecular formula is C6H9NO4. The highest BCUT2D eigenvalue weighted by molar-refractivity contribution is 5.95. The minimum absolute atomic E-state index is 0.313. The Morgan fingerprint density at radius 3 is 2.36 bits per heavy atom. The van der Waals surface area contributed by atoms with Gasteiger partial charge in [0, 0.05) is 6.92 Å². The van der Waals surface area contributed by atoms with Gasteiger partial charge < -0.3 is 14.8 Å². The summed E-state index contributed by atoms with van der Waals surface area (Å²) < 4.78 is 4.22. The Labute approximate surface area is 63.7 Å². The third kappa shape index (κ3) is 3.34. The zero-order valence-electron chi connectivity index (χ0n) is 6.29. The van der Waals surface area contributed by atoms with Crippen LogP contribution in [0.2, 0.25) is 0 Å². The minimum Gasteiger partial charge on any atom is -0.467 e. The molecule has 0 heterocycles. The summed E-state index contributed by atoms with van der Waals surface area (Å²) in [6, 6.07) is -1.18. The van der Waals surface area contributed by atoms with Gasteiger partial charge in [-0.1, -0.05) is 0 Å². The molecule has 0 unspecified atom stereocenters. The molecule has 0 fully saturated rings. The van der Waals surface area contributed by atoms with Crippen molar-refractivity contribution in [3.05, 3.63) is 0 Å². The van der Waals surface area contributed by atoms with E-state index >= 15 is 0 Å². The van der Waals surface area contributed by atoms with E-state index in [1.807, 2.05) is 0 Å². The van der Waals surface area contributed by atoms with E-state index in [1.54, 1.807) is 0 Å². The highest BCUT2D eigenvalue weighted by Crippen LogP contribution is 1.82. The SMILES string of the molecule is COC(=O)[C@H](C=O)NC(C)=O. The first-order valence-corrected chi connectivity index (χ1v) is 2.92. The Bertz CT molecular complexity index is 177. The predicted molar refractivity (Wildman–Crippen MR) is 35.7 cm³/mol. The van der Waals surface area contributed by atoms with Crippen LogP contribution in [0.15, 0.2) is 0 Å². The lowest BCUT2D eigenvalue weighted by Gasteiger charge is -2.07. The molecule has 0 radical (unpaired) electrons. The molecule has 0 aliphatic rings. The third-order valence-corrected chi connectivity index (χ3v) is 0.950. The van der Waals surface area contributed by atoms with Crippen LogP contribution >= 0.6 is 0 Å². The standard InChI is InChI=1S/C6H9NO4/c1-4(9)7-5(3-8)6(10)11-2/h3,5H,1-2H3,(H,7,9)/t5-/m0/s1. The van der Waals surface area contributed by atoms with Gasteiger partial charge in [-0.05, 0) is 0 Å². The molecule has 0 aliphatic carbocycles. The highest BCUT2D eigenvalue weighted by atomic mass is 16.5. The van der Waals surface area contributed by atoms with E-state index in [0.29, 0.717) is 6.29 Å². The van der Waals surface area contributed by atoms with Crippen LogP contribution in [-0.2, 0) is 19.1 Å². The lowest BCUT2D eigenvalue weighted by molar-refractivity contribution is -0.146. The fourth-order valence-electron chi connectivity index (χ4n) is 0.494. The molecule has 0 aliphatic heterocycles. The number of aldehydes is 1. The number of esters is 1. The molecule has 5 heteroatoms. The first-order valence-electron chi connectivity index (χ1n) is 2.92. The van der Waals surface area contributed by atoms with Crippen LogP contribution in [0.4, 0.5) is 0 Å². The lowest BCUT2D eigenvalue weighted by Crippen LogP contribution is -2.41. The smallest absolute Gasteiger partial charge is 0.335 e. The maximum Gasteiger partial charge on any atom is 0.335 e. The van der Waals surface area contributed by atoms with E-state index in [9.17, 15) is 14.4 Å². The van der Waals surface area contributed by atoms with Crippen molar-refractivity contribution in [2.24, 2.45) is 0 Å². The number of hydrogen-bond donors (Lipinski definition) is 1. The van der Waals surface area contributed by atoms with Gasteiger partial charge >= 0.3 is 5.97 Å². The van der Waals surface area contributed by atoms with Crippen molar-refractivity contribution >= 4 is 18.2 Å². The average Bonchev–Trinajstić information content (AvgIpc) is 1.98. The van der Waals surface area contributed by atoms with Crippen molar-refractivity contribution in [2.45, 2.75) is 13.0 Å². The summed E-state index contributed by atoms with van der Waals surface area (Å²) in [5.74, 6) is -1.22. The number of rotatable bonds is 3. The van der Waals surface area contributed by atoms with Crippen LogP contribution in [0, 0.1) is 0 Å². The maximum absolute atomic E-state index is 10.6. The number of hydrogen-bond acceptors (Lipinski definition) is 4. The first-order chi connectivity index (χ1) is 5.11. The summed E-state index contributed by atoms with van der Waals surface area (Å²) >= 11 is 0. The summed E-state index contributed by atoms with van der Waals surface area (Å²) in [6.45, 7) is 1.21. The highest BCUT2D eigenvalue weighted by Gasteiger charge is 2.18. The van der Waals surface area contributed by atoms with Gasteiger partial charge in [0.2, 0.25) is 5.91 Å². The third-order valence-electron chi connectivity index (χ3n) is 0.950. The van der Waals surface area contributed by atoms with E-state index in [4.69, 9.17) is 0 Å². The molecule has 0 bridgehead atoms. The molecule has 1 N–H and O–H groups in total. The van der Waals surface area contributed by atoms with Crippen LogP contribution in [0.3, 0.4) is 0 Å². The van der Waals surface area contributed by atoms with Crippen molar-refractivity contribution in [3.63, 3.8) is 0 Å². The maximum atomic E-state index is 10.6. The second-order valence-electron chi connectivity index (χ2n) is 1.84. The molecule has 11 heavy (non-hydrogen) atoms. The number of amides is 1. The van der Waals surface area contributed by atoms with Crippen molar-refractivity contribution in [1.29, 1.82) is 0 Å². The zero-order valence-corrected chi connectivity index (χ0v) is 6.29. The molecule has 0 spiro atoms. The minimum atomic E-state index is -1.18. The van der Waals surface area contributed by atoms with Gasteiger partial charge in [0.25, 0.3) is 0 Å². The number of nitrogens with one attached hydrogen (secondary N) is 1. The molecule has 1 amide bonds. The van der Waals surface area contributed by atoms with Crippen molar-refractivity contribution in [3.8, 4) is 0 Å². The fourth-order valence-corrected chi connectivity index (χ4v) is 0.494. The van der Waals surface area contributed by atoms with Gasteiger partial charge in [0.05, 0.1) is 7.11 Å². The number of carbonyl (C=O) groups excluding carboxylic acids is 3. The van der Waals surface area contributed by atoms with Gasteiger partial charge in [0.15, 0.2) is 12.3 Å². The van der Waals surface area contributed by atoms with E-state index in [0.717, 1.165) is 7.11 Å². The van der Waals surface area contributed by atoms with E-state index in [1.165, 1.54) is 6.92 Å². The molecule has 0 aromatic heterocycles. The summed E-state index contributed by atoms with van der Waals surface area (Å²) in [4.78, 5) is 31.1. The Morgan fingerprint density at radius 2 is 2.09 bits per heavy atom. The van der Waals surface area contributed by atoms with E-state index in [-0.39, 0.29) is 0 Å². The molecule has 5 nitrogen and oxygen atoms in total. The van der Waals surface area contributed by atoms with Gasteiger partial charge in [0.1, 0.15) is 0 Å². The predicted octanol–water partition coefficient (Wildman–Crippen LogP) is -1.14. The van der Waals surface area contributed by atoms with Crippen LogP contribution in [-0.4, -0.2) is 31.3 Å². The van der Waals surface area contributed by atoms with Gasteiger partial charge in [-0.2, -0.15) is 0 Å². The monoisotopic (exact) mass is 159 g/mol. The van der Waals surface area contributed by atoms with Crippen LogP contribution in [0.25, 0.3) is 0 Å². The Kier molecular flexibility index (Phi) is 3.87. The second-order valence-corrected chi connectivity index (χ2v) is 1.84. The van der Waals surface area contributed by atoms with Gasteiger partial charge in [-0.15, -0.1) is 0 Å². The van der Waals surface area contributed by atoms with Crippen LogP contribution < -0.4 is 5.32 Å². The fraction of sp³-hybridized carbons (Fsp3) is 0.500. The lowest BCUT2D eigenvalue weighted by atomic mass is 10.3. The van der Waals surface area contributed by atoms with E-state index in [2.05, 4.69) is 10.1 Å². The molecular weight excluding hydrogens is 150 g/mol. The van der Waals surface area contributed by atoms with Crippen molar-refractivity contribution in [2.75, 3.05) is 7.11 Å². The van der Waals surface area contributed by atoms with Crippen LogP contribution in [0.1, 0.15) is 6.92 Å². The molecule has 0 rings (SSSR count). The van der Waals surface area contributed by atoms with Crippen molar-refractivity contribution in [1.82, 2.24) is 5.32 Å². The second kappa shape index (κ2) is 4.43. The van der Waals surface area contributed by atoms with Crippen molar-refractivity contribution < 1.29 is 19.1 Å². The summed E-state index contributed by atoms with van der Waals surface area (Å²) in [7, 11) is 1.14. The van der Waals surface area contributed by atoms with Crippen LogP contribution in [0.5, 0.6) is 0 Å². The van der Waals surface area contributed by atoms with Gasteiger partial charge in [-0.3, -0.25) is 4.79 Å².